The lowest BCUT2D eigenvalue weighted by atomic mass is 9.81. The molecule has 0 saturated heterocycles. The molecule has 0 aliphatic rings. The Kier molecular flexibility index (Phi) is 5.62. The first-order valence-corrected chi connectivity index (χ1v) is 7.71. The summed E-state index contributed by atoms with van der Waals surface area (Å²) in [6.07, 6.45) is 2.95. The second-order valence-electron chi connectivity index (χ2n) is 7.83. The smallest absolute Gasteiger partial charge is 0.319 e. The van der Waals surface area contributed by atoms with E-state index in [4.69, 9.17) is 0 Å². The Labute approximate surface area is 133 Å². The molecule has 3 N–H and O–H groups in total. The molecule has 1 heterocycles. The summed E-state index contributed by atoms with van der Waals surface area (Å²) in [5.41, 5.74) is 0.135. The first-order chi connectivity index (χ1) is 9.93. The lowest BCUT2D eigenvalue weighted by Gasteiger charge is -2.33. The number of aliphatic hydroxyl groups is 1. The molecule has 2 amide bonds. The van der Waals surface area contributed by atoms with Gasteiger partial charge >= 0.3 is 6.03 Å². The molecule has 0 aromatic carbocycles. The van der Waals surface area contributed by atoms with Gasteiger partial charge in [0.1, 0.15) is 0 Å². The summed E-state index contributed by atoms with van der Waals surface area (Å²) in [5.74, 6) is 0.143. The number of carbonyl (C=O) groups excluding carboxylic acids is 1. The number of carbonyl (C=O) groups is 1. The number of aromatic nitrogens is 2. The maximum absolute atomic E-state index is 12.0. The summed E-state index contributed by atoms with van der Waals surface area (Å²) >= 11 is 0. The third-order valence-corrected chi connectivity index (χ3v) is 3.66. The van der Waals surface area contributed by atoms with Gasteiger partial charge in [-0.2, -0.15) is 5.10 Å². The van der Waals surface area contributed by atoms with Crippen molar-refractivity contribution >= 4 is 11.7 Å². The summed E-state index contributed by atoms with van der Waals surface area (Å²) in [4.78, 5) is 12.0. The average Bonchev–Trinajstić information content (AvgIpc) is 2.84. The van der Waals surface area contributed by atoms with Crippen molar-refractivity contribution in [2.45, 2.75) is 60.1 Å². The molecule has 0 radical (unpaired) electrons. The molecule has 6 heteroatoms. The Morgan fingerprint density at radius 2 is 1.91 bits per heavy atom. The number of hydrogen-bond acceptors (Lipinski definition) is 3. The van der Waals surface area contributed by atoms with Crippen LogP contribution >= 0.6 is 0 Å². The third kappa shape index (κ3) is 5.02. The number of amides is 2. The minimum atomic E-state index is -0.476. The van der Waals surface area contributed by atoms with Crippen molar-refractivity contribution in [3.05, 3.63) is 12.4 Å². The molecule has 126 valence electrons. The average molecular weight is 310 g/mol. The minimum absolute atomic E-state index is 0.125. The molecule has 1 aromatic rings. The molecule has 0 aliphatic heterocycles. The van der Waals surface area contributed by atoms with Gasteiger partial charge in [-0.1, -0.05) is 27.7 Å². The van der Waals surface area contributed by atoms with Crippen molar-refractivity contribution in [3.63, 3.8) is 0 Å². The van der Waals surface area contributed by atoms with Crippen LogP contribution in [-0.4, -0.2) is 33.6 Å². The molecule has 0 fully saturated rings. The van der Waals surface area contributed by atoms with E-state index >= 15 is 0 Å². The Bertz CT molecular complexity index is 500. The van der Waals surface area contributed by atoms with Gasteiger partial charge in [-0.25, -0.2) is 4.79 Å². The lowest BCUT2D eigenvalue weighted by Crippen LogP contribution is -2.44. The van der Waals surface area contributed by atoms with Crippen LogP contribution in [0.15, 0.2) is 12.4 Å². The maximum atomic E-state index is 12.0. The number of anilines is 1. The third-order valence-electron chi connectivity index (χ3n) is 3.66. The normalized spacial score (nSPS) is 14.0. The number of aliphatic hydroxyl groups excluding tert-OH is 1. The van der Waals surface area contributed by atoms with Crippen LogP contribution in [-0.2, 0) is 5.54 Å². The van der Waals surface area contributed by atoms with Crippen LogP contribution in [0, 0.1) is 11.3 Å². The predicted octanol–water partition coefficient (Wildman–Crippen LogP) is 2.80. The SMILES string of the molecule is CC(C)C(O)C(C)(C)CNC(=O)Nc1cnn(C(C)(C)C)c1. The number of hydrogen-bond donors (Lipinski definition) is 3. The van der Waals surface area contributed by atoms with Crippen LogP contribution in [0.1, 0.15) is 48.5 Å². The molecule has 1 aromatic heterocycles. The number of nitrogens with one attached hydrogen (secondary N) is 2. The Balaban J connectivity index is 2.55. The largest absolute Gasteiger partial charge is 0.392 e. The van der Waals surface area contributed by atoms with E-state index in [-0.39, 0.29) is 22.9 Å². The van der Waals surface area contributed by atoms with Gasteiger partial charge in [0.2, 0.25) is 0 Å². The molecular formula is C16H30N4O2. The van der Waals surface area contributed by atoms with Gasteiger partial charge in [0.05, 0.1) is 23.5 Å². The van der Waals surface area contributed by atoms with Crippen LogP contribution in [0.4, 0.5) is 10.5 Å². The van der Waals surface area contributed by atoms with Gasteiger partial charge in [-0.05, 0) is 26.7 Å². The van der Waals surface area contributed by atoms with Crippen LogP contribution in [0.5, 0.6) is 0 Å². The topological polar surface area (TPSA) is 79.2 Å². The van der Waals surface area contributed by atoms with E-state index in [1.54, 1.807) is 17.1 Å². The van der Waals surface area contributed by atoms with Crippen LogP contribution in [0.25, 0.3) is 0 Å². The van der Waals surface area contributed by atoms with Crippen molar-refractivity contribution in [1.82, 2.24) is 15.1 Å². The van der Waals surface area contributed by atoms with Crippen molar-refractivity contribution in [2.75, 3.05) is 11.9 Å². The minimum Gasteiger partial charge on any atom is -0.392 e. The second kappa shape index (κ2) is 6.69. The first kappa shape index (κ1) is 18.5. The second-order valence-corrected chi connectivity index (χ2v) is 7.83. The Hall–Kier alpha value is -1.56. The van der Waals surface area contributed by atoms with E-state index in [0.29, 0.717) is 12.2 Å². The molecule has 1 atom stereocenters. The van der Waals surface area contributed by atoms with Gasteiger partial charge < -0.3 is 15.7 Å². The first-order valence-electron chi connectivity index (χ1n) is 7.71. The molecule has 6 nitrogen and oxygen atoms in total. The zero-order chi connectivity index (χ0) is 17.1. The monoisotopic (exact) mass is 310 g/mol. The summed E-state index contributed by atoms with van der Waals surface area (Å²) in [6.45, 7) is 14.3. The van der Waals surface area contributed by atoms with Crippen LogP contribution < -0.4 is 10.6 Å². The van der Waals surface area contributed by atoms with Gasteiger partial charge in [0, 0.05) is 18.2 Å². The lowest BCUT2D eigenvalue weighted by molar-refractivity contribution is 0.0154. The summed E-state index contributed by atoms with van der Waals surface area (Å²) in [7, 11) is 0. The van der Waals surface area contributed by atoms with Crippen LogP contribution in [0.2, 0.25) is 0 Å². The van der Waals surface area contributed by atoms with E-state index in [9.17, 15) is 9.90 Å². The van der Waals surface area contributed by atoms with Crippen LogP contribution in [0.3, 0.4) is 0 Å². The maximum Gasteiger partial charge on any atom is 0.319 e. The summed E-state index contributed by atoms with van der Waals surface area (Å²) in [5, 5.41) is 20.0. The summed E-state index contributed by atoms with van der Waals surface area (Å²) < 4.78 is 1.80. The van der Waals surface area contributed by atoms with Crippen molar-refractivity contribution in [3.8, 4) is 0 Å². The van der Waals surface area contributed by atoms with Crippen molar-refractivity contribution in [1.29, 1.82) is 0 Å². The quantitative estimate of drug-likeness (QED) is 0.782. The van der Waals surface area contributed by atoms with E-state index in [1.807, 2.05) is 48.5 Å². The van der Waals surface area contributed by atoms with Gasteiger partial charge in [-0.3, -0.25) is 4.68 Å². The van der Waals surface area contributed by atoms with E-state index in [1.165, 1.54) is 0 Å². The fourth-order valence-electron chi connectivity index (χ4n) is 2.24. The molecule has 1 rings (SSSR count). The zero-order valence-electron chi connectivity index (χ0n) is 14.8. The number of nitrogens with zero attached hydrogens (tertiary/aromatic N) is 2. The molecule has 0 aliphatic carbocycles. The zero-order valence-corrected chi connectivity index (χ0v) is 14.8. The Morgan fingerprint density at radius 3 is 2.36 bits per heavy atom. The highest BCUT2D eigenvalue weighted by atomic mass is 16.3. The molecule has 1 unspecified atom stereocenters. The predicted molar refractivity (Wildman–Crippen MR) is 88.9 cm³/mol. The molecule has 0 bridgehead atoms. The van der Waals surface area contributed by atoms with Gasteiger partial charge in [0.25, 0.3) is 0 Å². The van der Waals surface area contributed by atoms with Gasteiger partial charge in [-0.15, -0.1) is 0 Å². The van der Waals surface area contributed by atoms with E-state index in [0.717, 1.165) is 0 Å². The highest BCUT2D eigenvalue weighted by molar-refractivity contribution is 5.88. The molecule has 0 saturated carbocycles. The van der Waals surface area contributed by atoms with Gasteiger partial charge in [0.15, 0.2) is 0 Å². The number of rotatable bonds is 5. The van der Waals surface area contributed by atoms with E-state index in [2.05, 4.69) is 15.7 Å². The fraction of sp³-hybridized carbons (Fsp3) is 0.750. The fourth-order valence-corrected chi connectivity index (χ4v) is 2.24. The number of urea groups is 1. The highest BCUT2D eigenvalue weighted by Crippen LogP contribution is 2.25. The summed E-state index contributed by atoms with van der Waals surface area (Å²) in [6, 6.07) is -0.294. The highest BCUT2D eigenvalue weighted by Gasteiger charge is 2.30. The Morgan fingerprint density at radius 1 is 1.32 bits per heavy atom. The molecule has 0 spiro atoms. The van der Waals surface area contributed by atoms with Crippen molar-refractivity contribution in [2.24, 2.45) is 11.3 Å². The standard InChI is InChI=1S/C16H30N4O2/c1-11(2)13(21)16(6,7)10-17-14(22)19-12-8-18-20(9-12)15(3,4)5/h8-9,11,13,21H,10H2,1-7H3,(H2,17,19,22). The van der Waals surface area contributed by atoms with E-state index < -0.39 is 6.10 Å². The molecule has 22 heavy (non-hydrogen) atoms. The van der Waals surface area contributed by atoms with Crippen molar-refractivity contribution < 1.29 is 9.90 Å². The molecular weight excluding hydrogens is 280 g/mol.